The Bertz CT molecular complexity index is 844. The number of aromatic nitrogens is 2. The Kier molecular flexibility index (Phi) is 3.32. The highest BCUT2D eigenvalue weighted by Gasteiger charge is 2.15. The third kappa shape index (κ3) is 2.40. The number of nitro benzene ring substituents is 1. The van der Waals surface area contributed by atoms with Crippen LogP contribution < -0.4 is 16.9 Å². The molecule has 2 aromatic rings. The van der Waals surface area contributed by atoms with E-state index in [0.29, 0.717) is 5.56 Å². The molecule has 2 rings (SSSR count). The van der Waals surface area contributed by atoms with Gasteiger partial charge in [-0.3, -0.25) is 19.7 Å². The number of fused-ring (bicyclic) bond motifs is 1. The molecule has 0 aliphatic heterocycles. The van der Waals surface area contributed by atoms with E-state index in [1.165, 1.54) is 6.07 Å². The molecule has 9 nitrogen and oxygen atoms in total. The van der Waals surface area contributed by atoms with E-state index in [0.717, 1.165) is 6.07 Å². The number of nitrogens with two attached hydrogens (primary N) is 1. The van der Waals surface area contributed by atoms with E-state index >= 15 is 0 Å². The smallest absolute Gasteiger partial charge is 0.314 e. The Morgan fingerprint density at radius 2 is 2.00 bits per heavy atom. The topological polar surface area (TPSA) is 159 Å². The van der Waals surface area contributed by atoms with Crippen molar-refractivity contribution in [3.8, 4) is 6.07 Å². The van der Waals surface area contributed by atoms with Crippen molar-refractivity contribution in [2.45, 2.75) is 12.5 Å². The third-order valence-corrected chi connectivity index (χ3v) is 2.71. The van der Waals surface area contributed by atoms with Crippen molar-refractivity contribution in [3.63, 3.8) is 0 Å². The Balaban J connectivity index is 2.78. The molecular weight excluding hydrogens is 266 g/mol. The van der Waals surface area contributed by atoms with Crippen LogP contribution in [0.1, 0.15) is 5.56 Å². The molecule has 1 heterocycles. The lowest BCUT2D eigenvalue weighted by Gasteiger charge is -2.07. The summed E-state index contributed by atoms with van der Waals surface area (Å²) < 4.78 is 0. The molecule has 0 fully saturated rings. The number of hydrogen-bond acceptors (Lipinski definition) is 6. The highest BCUT2D eigenvalue weighted by Crippen LogP contribution is 2.22. The normalized spacial score (nSPS) is 12.0. The highest BCUT2D eigenvalue weighted by atomic mass is 16.6. The van der Waals surface area contributed by atoms with Crippen LogP contribution in [0.15, 0.2) is 21.7 Å². The first-order valence-corrected chi connectivity index (χ1v) is 5.51. The Morgan fingerprint density at radius 1 is 1.35 bits per heavy atom. The average molecular weight is 275 g/mol. The standard InChI is InChI=1S/C11H9N5O4/c12-4-6(13)1-5-2-7(16(19)20)3-8-9(5)15-11(18)10(17)14-8/h2-3,6H,1,13H2,(H,14,17)(H,15,18). The van der Waals surface area contributed by atoms with Crippen LogP contribution in [0.2, 0.25) is 0 Å². The van der Waals surface area contributed by atoms with Crippen LogP contribution in [-0.4, -0.2) is 20.9 Å². The van der Waals surface area contributed by atoms with E-state index in [9.17, 15) is 19.7 Å². The minimum absolute atomic E-state index is 0.0106. The van der Waals surface area contributed by atoms with Gasteiger partial charge in [0.1, 0.15) is 0 Å². The fraction of sp³-hybridized carbons (Fsp3) is 0.182. The minimum atomic E-state index is -0.909. The molecule has 0 saturated carbocycles. The first kappa shape index (κ1) is 13.4. The second-order valence-electron chi connectivity index (χ2n) is 4.13. The van der Waals surface area contributed by atoms with Crippen LogP contribution >= 0.6 is 0 Å². The number of hydrogen-bond donors (Lipinski definition) is 3. The van der Waals surface area contributed by atoms with E-state index in [1.807, 2.05) is 0 Å². The molecule has 1 atom stereocenters. The molecule has 0 saturated heterocycles. The third-order valence-electron chi connectivity index (χ3n) is 2.71. The van der Waals surface area contributed by atoms with Crippen molar-refractivity contribution >= 4 is 16.7 Å². The summed E-state index contributed by atoms with van der Waals surface area (Å²) in [4.78, 5) is 37.4. The van der Waals surface area contributed by atoms with Crippen LogP contribution in [-0.2, 0) is 6.42 Å². The summed E-state index contributed by atoms with van der Waals surface area (Å²) in [6.45, 7) is 0. The molecule has 0 aliphatic rings. The summed E-state index contributed by atoms with van der Waals surface area (Å²) in [6, 6.07) is 3.27. The number of nitro groups is 1. The van der Waals surface area contributed by atoms with E-state index in [1.54, 1.807) is 6.07 Å². The first-order chi connectivity index (χ1) is 9.42. The second kappa shape index (κ2) is 4.94. The van der Waals surface area contributed by atoms with Crippen LogP contribution in [0.4, 0.5) is 5.69 Å². The lowest BCUT2D eigenvalue weighted by Crippen LogP contribution is -2.29. The summed E-state index contributed by atoms with van der Waals surface area (Å²) in [5.41, 5.74) is 4.10. The fourth-order valence-corrected chi connectivity index (χ4v) is 1.83. The Hall–Kier alpha value is -2.99. The number of nitrogens with zero attached hydrogens (tertiary/aromatic N) is 2. The van der Waals surface area contributed by atoms with Gasteiger partial charge >= 0.3 is 11.1 Å². The Labute approximate surface area is 110 Å². The molecule has 102 valence electrons. The van der Waals surface area contributed by atoms with Gasteiger partial charge in [-0.05, 0) is 5.56 Å². The number of non-ortho nitro benzene ring substituents is 1. The SMILES string of the molecule is N#CC(N)Cc1cc([N+](=O)[O-])cc2[nH]c(=O)c(=O)[nH]c12. The number of aromatic amines is 2. The largest absolute Gasteiger partial charge is 0.316 e. The van der Waals surface area contributed by atoms with Crippen molar-refractivity contribution < 1.29 is 4.92 Å². The number of rotatable bonds is 3. The van der Waals surface area contributed by atoms with Crippen LogP contribution in [0, 0.1) is 21.4 Å². The summed E-state index contributed by atoms with van der Waals surface area (Å²) in [5.74, 6) is 0. The number of H-pyrrole nitrogens is 2. The predicted molar refractivity (Wildman–Crippen MR) is 69.1 cm³/mol. The first-order valence-electron chi connectivity index (χ1n) is 5.51. The van der Waals surface area contributed by atoms with Gasteiger partial charge in [-0.15, -0.1) is 0 Å². The van der Waals surface area contributed by atoms with Crippen molar-refractivity contribution in [1.82, 2.24) is 9.97 Å². The van der Waals surface area contributed by atoms with Crippen LogP contribution in [0.5, 0.6) is 0 Å². The number of nitrogens with one attached hydrogen (secondary N) is 2. The highest BCUT2D eigenvalue weighted by molar-refractivity contribution is 5.80. The van der Waals surface area contributed by atoms with E-state index < -0.39 is 22.1 Å². The zero-order chi connectivity index (χ0) is 14.9. The molecule has 0 amide bonds. The van der Waals surface area contributed by atoms with Gasteiger partial charge in [-0.1, -0.05) is 0 Å². The van der Waals surface area contributed by atoms with E-state index in [4.69, 9.17) is 11.0 Å². The lowest BCUT2D eigenvalue weighted by molar-refractivity contribution is -0.384. The minimum Gasteiger partial charge on any atom is -0.316 e. The molecule has 20 heavy (non-hydrogen) atoms. The van der Waals surface area contributed by atoms with Gasteiger partial charge < -0.3 is 15.7 Å². The van der Waals surface area contributed by atoms with Crippen molar-refractivity contribution in [1.29, 1.82) is 5.26 Å². The quantitative estimate of drug-likeness (QED) is 0.389. The predicted octanol–water partition coefficient (Wildman–Crippen LogP) is -0.482. The molecule has 4 N–H and O–H groups in total. The summed E-state index contributed by atoms with van der Waals surface area (Å²) in [6.07, 6.45) is 0.0106. The Morgan fingerprint density at radius 3 is 2.60 bits per heavy atom. The van der Waals surface area contributed by atoms with Gasteiger partial charge in [-0.2, -0.15) is 5.26 Å². The van der Waals surface area contributed by atoms with Gasteiger partial charge in [0.05, 0.1) is 28.1 Å². The van der Waals surface area contributed by atoms with Crippen molar-refractivity contribution in [2.24, 2.45) is 5.73 Å². The van der Waals surface area contributed by atoms with Crippen molar-refractivity contribution in [3.05, 3.63) is 48.5 Å². The maximum Gasteiger partial charge on any atom is 0.314 e. The molecule has 1 aromatic carbocycles. The number of benzene rings is 1. The summed E-state index contributed by atoms with van der Waals surface area (Å²) >= 11 is 0. The maximum atomic E-state index is 11.3. The molecule has 1 unspecified atom stereocenters. The second-order valence-corrected chi connectivity index (χ2v) is 4.13. The average Bonchev–Trinajstić information content (AvgIpc) is 2.40. The molecule has 9 heteroatoms. The van der Waals surface area contributed by atoms with Gasteiger partial charge in [0.2, 0.25) is 0 Å². The number of nitriles is 1. The van der Waals surface area contributed by atoms with Crippen LogP contribution in [0.25, 0.3) is 11.0 Å². The van der Waals surface area contributed by atoms with E-state index in [-0.39, 0.29) is 23.1 Å². The van der Waals surface area contributed by atoms with Crippen molar-refractivity contribution in [2.75, 3.05) is 0 Å². The zero-order valence-electron chi connectivity index (χ0n) is 10.0. The molecule has 1 aromatic heterocycles. The molecule has 0 bridgehead atoms. The van der Waals surface area contributed by atoms with Gasteiger partial charge in [0.25, 0.3) is 5.69 Å². The maximum absolute atomic E-state index is 11.3. The summed E-state index contributed by atoms with van der Waals surface area (Å²) in [5, 5.41) is 19.6. The molecule has 0 spiro atoms. The van der Waals surface area contributed by atoms with Crippen LogP contribution in [0.3, 0.4) is 0 Å². The van der Waals surface area contributed by atoms with Gasteiger partial charge in [0.15, 0.2) is 0 Å². The van der Waals surface area contributed by atoms with E-state index in [2.05, 4.69) is 9.97 Å². The summed E-state index contributed by atoms with van der Waals surface area (Å²) in [7, 11) is 0. The molecule has 0 radical (unpaired) electrons. The monoisotopic (exact) mass is 275 g/mol. The lowest BCUT2D eigenvalue weighted by atomic mass is 10.0. The van der Waals surface area contributed by atoms with Gasteiger partial charge in [0, 0.05) is 18.6 Å². The molecular formula is C11H9N5O4. The zero-order valence-corrected chi connectivity index (χ0v) is 10.0. The molecule has 0 aliphatic carbocycles. The van der Waals surface area contributed by atoms with Gasteiger partial charge in [-0.25, -0.2) is 0 Å². The fourth-order valence-electron chi connectivity index (χ4n) is 1.83.